The molecule has 4 heteroatoms. The summed E-state index contributed by atoms with van der Waals surface area (Å²) >= 11 is 0. The fourth-order valence-electron chi connectivity index (χ4n) is 1.86. The molecule has 1 rings (SSSR count). The highest BCUT2D eigenvalue weighted by Gasteiger charge is 2.35. The van der Waals surface area contributed by atoms with Crippen molar-refractivity contribution < 1.29 is 4.79 Å². The van der Waals surface area contributed by atoms with Crippen LogP contribution in [0.4, 0.5) is 0 Å². The first kappa shape index (κ1) is 12.5. The lowest BCUT2D eigenvalue weighted by Crippen LogP contribution is -2.44. The van der Waals surface area contributed by atoms with Crippen LogP contribution in [0.2, 0.25) is 0 Å². The van der Waals surface area contributed by atoms with Gasteiger partial charge in [0.1, 0.15) is 0 Å². The zero-order chi connectivity index (χ0) is 11.6. The van der Waals surface area contributed by atoms with Gasteiger partial charge in [0.2, 0.25) is 5.91 Å². The molecular weight excluding hydrogens is 190 g/mol. The molecule has 1 amide bonds. The summed E-state index contributed by atoms with van der Waals surface area (Å²) < 4.78 is 0. The third-order valence-electron chi connectivity index (χ3n) is 3.27. The topological polar surface area (TPSA) is 49.6 Å². The van der Waals surface area contributed by atoms with E-state index in [0.29, 0.717) is 12.6 Å². The summed E-state index contributed by atoms with van der Waals surface area (Å²) in [4.78, 5) is 16.2. The summed E-state index contributed by atoms with van der Waals surface area (Å²) in [5.74, 6) is 0.189. The average Bonchev–Trinajstić information content (AvgIpc) is 2.65. The van der Waals surface area contributed by atoms with Gasteiger partial charge in [-0.1, -0.05) is 0 Å². The highest BCUT2D eigenvalue weighted by atomic mass is 16.2. The Bertz CT molecular complexity index is 238. The maximum atomic E-state index is 12.1. The predicted octanol–water partition coefficient (Wildman–Crippen LogP) is 0.134. The number of rotatable bonds is 3. The molecule has 1 unspecified atom stereocenters. The molecule has 15 heavy (non-hydrogen) atoms. The number of hydrogen-bond acceptors (Lipinski definition) is 3. The van der Waals surface area contributed by atoms with E-state index in [0.717, 1.165) is 19.5 Å². The molecule has 1 heterocycles. The van der Waals surface area contributed by atoms with Crippen LogP contribution in [0, 0.1) is 5.41 Å². The molecule has 0 aromatic heterocycles. The van der Waals surface area contributed by atoms with Gasteiger partial charge in [-0.25, -0.2) is 0 Å². The van der Waals surface area contributed by atoms with E-state index in [1.54, 1.807) is 0 Å². The normalized spacial score (nSPS) is 22.5. The minimum Gasteiger partial charge on any atom is -0.341 e. The predicted molar refractivity (Wildman–Crippen MR) is 61.5 cm³/mol. The second-order valence-electron chi connectivity index (χ2n) is 5.25. The molecule has 0 bridgehead atoms. The Kier molecular flexibility index (Phi) is 3.73. The monoisotopic (exact) mass is 213 g/mol. The molecule has 0 saturated carbocycles. The highest BCUT2D eigenvalue weighted by Crippen LogP contribution is 2.22. The molecule has 88 valence electrons. The molecule has 0 spiro atoms. The van der Waals surface area contributed by atoms with Crippen molar-refractivity contribution >= 4 is 5.91 Å². The molecule has 4 nitrogen and oxygen atoms in total. The van der Waals surface area contributed by atoms with E-state index in [4.69, 9.17) is 5.73 Å². The summed E-state index contributed by atoms with van der Waals surface area (Å²) in [5.41, 5.74) is 5.20. The van der Waals surface area contributed by atoms with Crippen molar-refractivity contribution in [1.29, 1.82) is 0 Å². The lowest BCUT2D eigenvalue weighted by atomic mass is 9.92. The number of nitrogens with two attached hydrogens (primary N) is 1. The Morgan fingerprint density at radius 1 is 1.53 bits per heavy atom. The van der Waals surface area contributed by atoms with Crippen LogP contribution in [0.25, 0.3) is 0 Å². The standard InChI is InChI=1S/C11H23N3O/c1-11(2,8-12)10(15)14-6-5-9(7-14)13(3)4/h9H,5-8,12H2,1-4H3. The second-order valence-corrected chi connectivity index (χ2v) is 5.25. The minimum atomic E-state index is -0.415. The maximum Gasteiger partial charge on any atom is 0.229 e. The Labute approximate surface area is 92.4 Å². The van der Waals surface area contributed by atoms with Crippen LogP contribution in [-0.2, 0) is 4.79 Å². The zero-order valence-electron chi connectivity index (χ0n) is 10.3. The Hall–Kier alpha value is -0.610. The highest BCUT2D eigenvalue weighted by molar-refractivity contribution is 5.82. The molecule has 1 aliphatic rings. The SMILES string of the molecule is CN(C)C1CCN(C(=O)C(C)(C)CN)C1. The van der Waals surface area contributed by atoms with Crippen molar-refractivity contribution in [1.82, 2.24) is 9.80 Å². The van der Waals surface area contributed by atoms with Gasteiger partial charge in [-0.15, -0.1) is 0 Å². The lowest BCUT2D eigenvalue weighted by Gasteiger charge is -2.28. The smallest absolute Gasteiger partial charge is 0.229 e. The molecule has 1 aliphatic heterocycles. The number of carbonyl (C=O) groups excluding carboxylic acids is 1. The first-order valence-corrected chi connectivity index (χ1v) is 5.54. The van der Waals surface area contributed by atoms with E-state index in [1.165, 1.54) is 0 Å². The molecule has 0 aromatic rings. The van der Waals surface area contributed by atoms with Crippen molar-refractivity contribution in [2.45, 2.75) is 26.3 Å². The molecule has 1 saturated heterocycles. The van der Waals surface area contributed by atoms with Crippen molar-refractivity contribution in [2.75, 3.05) is 33.7 Å². The van der Waals surface area contributed by atoms with Gasteiger partial charge < -0.3 is 15.5 Å². The van der Waals surface area contributed by atoms with Crippen LogP contribution >= 0.6 is 0 Å². The van der Waals surface area contributed by atoms with Crippen molar-refractivity contribution in [3.05, 3.63) is 0 Å². The van der Waals surface area contributed by atoms with Gasteiger partial charge in [-0.3, -0.25) is 4.79 Å². The van der Waals surface area contributed by atoms with Gasteiger partial charge >= 0.3 is 0 Å². The van der Waals surface area contributed by atoms with Crippen LogP contribution in [0.15, 0.2) is 0 Å². The number of carbonyl (C=O) groups is 1. The van der Waals surface area contributed by atoms with Gasteiger partial charge in [-0.05, 0) is 34.4 Å². The zero-order valence-corrected chi connectivity index (χ0v) is 10.3. The number of likely N-dealkylation sites (tertiary alicyclic amines) is 1. The Morgan fingerprint density at radius 2 is 2.13 bits per heavy atom. The van der Waals surface area contributed by atoms with Crippen molar-refractivity contribution in [2.24, 2.45) is 11.1 Å². The van der Waals surface area contributed by atoms with Crippen LogP contribution < -0.4 is 5.73 Å². The molecule has 0 aromatic carbocycles. The second kappa shape index (κ2) is 4.49. The van der Waals surface area contributed by atoms with Gasteiger partial charge in [0.15, 0.2) is 0 Å². The first-order valence-electron chi connectivity index (χ1n) is 5.54. The fourth-order valence-corrected chi connectivity index (χ4v) is 1.86. The van der Waals surface area contributed by atoms with Crippen molar-refractivity contribution in [3.63, 3.8) is 0 Å². The molecule has 0 aliphatic carbocycles. The van der Waals surface area contributed by atoms with Crippen LogP contribution in [0.3, 0.4) is 0 Å². The molecular formula is C11H23N3O. The van der Waals surface area contributed by atoms with Crippen LogP contribution in [-0.4, -0.2) is 55.5 Å². The molecule has 1 atom stereocenters. The van der Waals surface area contributed by atoms with E-state index in [9.17, 15) is 4.79 Å². The van der Waals surface area contributed by atoms with E-state index in [1.807, 2.05) is 18.7 Å². The molecule has 0 radical (unpaired) electrons. The maximum absolute atomic E-state index is 12.1. The summed E-state index contributed by atoms with van der Waals surface area (Å²) in [6.07, 6.45) is 1.07. The van der Waals surface area contributed by atoms with Gasteiger partial charge in [0.05, 0.1) is 5.41 Å². The van der Waals surface area contributed by atoms with Gasteiger partial charge in [0.25, 0.3) is 0 Å². The average molecular weight is 213 g/mol. The third-order valence-corrected chi connectivity index (χ3v) is 3.27. The van der Waals surface area contributed by atoms with Gasteiger partial charge in [0, 0.05) is 25.7 Å². The summed E-state index contributed by atoms with van der Waals surface area (Å²) in [5, 5.41) is 0. The summed E-state index contributed by atoms with van der Waals surface area (Å²) in [6, 6.07) is 0.502. The Morgan fingerprint density at radius 3 is 2.53 bits per heavy atom. The van der Waals surface area contributed by atoms with E-state index in [2.05, 4.69) is 19.0 Å². The minimum absolute atomic E-state index is 0.189. The number of nitrogens with zero attached hydrogens (tertiary/aromatic N) is 2. The number of likely N-dealkylation sites (N-methyl/N-ethyl adjacent to an activating group) is 1. The van der Waals surface area contributed by atoms with Crippen molar-refractivity contribution in [3.8, 4) is 0 Å². The fraction of sp³-hybridized carbons (Fsp3) is 0.909. The van der Waals surface area contributed by atoms with Crippen LogP contribution in [0.1, 0.15) is 20.3 Å². The number of amides is 1. The van der Waals surface area contributed by atoms with Crippen LogP contribution in [0.5, 0.6) is 0 Å². The Balaban J connectivity index is 2.58. The number of hydrogen-bond donors (Lipinski definition) is 1. The third kappa shape index (κ3) is 2.69. The summed E-state index contributed by atoms with van der Waals surface area (Å²) in [6.45, 7) is 5.95. The van der Waals surface area contributed by atoms with E-state index >= 15 is 0 Å². The summed E-state index contributed by atoms with van der Waals surface area (Å²) in [7, 11) is 4.12. The van der Waals surface area contributed by atoms with E-state index < -0.39 is 5.41 Å². The largest absolute Gasteiger partial charge is 0.341 e. The molecule has 1 fully saturated rings. The van der Waals surface area contributed by atoms with E-state index in [-0.39, 0.29) is 5.91 Å². The lowest BCUT2D eigenvalue weighted by molar-refractivity contribution is -0.138. The van der Waals surface area contributed by atoms with Gasteiger partial charge in [-0.2, -0.15) is 0 Å². The molecule has 2 N–H and O–H groups in total. The first-order chi connectivity index (χ1) is 6.88. The quantitative estimate of drug-likeness (QED) is 0.725.